The molecule has 18 heavy (non-hydrogen) atoms. The van der Waals surface area contributed by atoms with Crippen LogP contribution in [0.5, 0.6) is 0 Å². The van der Waals surface area contributed by atoms with E-state index in [4.69, 9.17) is 5.26 Å². The van der Waals surface area contributed by atoms with Gasteiger partial charge in [-0.25, -0.2) is 4.98 Å². The van der Waals surface area contributed by atoms with Crippen molar-refractivity contribution in [1.29, 1.82) is 5.26 Å². The summed E-state index contributed by atoms with van der Waals surface area (Å²) in [5.41, 5.74) is 1.50. The van der Waals surface area contributed by atoms with Gasteiger partial charge >= 0.3 is 0 Å². The maximum Gasteiger partial charge on any atom is 0.140 e. The first kappa shape index (κ1) is 12.9. The Morgan fingerprint density at radius 3 is 2.56 bits per heavy atom. The highest BCUT2D eigenvalue weighted by molar-refractivity contribution is 5.42. The molecular weight excluding hydrogens is 222 g/mol. The molecule has 0 atom stereocenters. The summed E-state index contributed by atoms with van der Waals surface area (Å²) in [5.74, 6) is 1.75. The third kappa shape index (κ3) is 3.46. The first-order valence-electron chi connectivity index (χ1n) is 6.91. The molecule has 96 valence electrons. The summed E-state index contributed by atoms with van der Waals surface area (Å²) in [5, 5.41) is 12.1. The Balaban J connectivity index is 1.76. The molecule has 0 saturated heterocycles. The van der Waals surface area contributed by atoms with Crippen molar-refractivity contribution < 1.29 is 0 Å². The maximum absolute atomic E-state index is 8.68. The van der Waals surface area contributed by atoms with E-state index in [1.54, 1.807) is 12.3 Å². The predicted octanol–water partition coefficient (Wildman–Crippen LogP) is 3.58. The Bertz CT molecular complexity index is 397. The molecule has 0 amide bonds. The summed E-state index contributed by atoms with van der Waals surface area (Å²) >= 11 is 0. The van der Waals surface area contributed by atoms with Crippen LogP contribution in [0.4, 0.5) is 5.69 Å². The molecule has 1 heterocycles. The lowest BCUT2D eigenvalue weighted by Gasteiger charge is -2.28. The Labute approximate surface area is 109 Å². The van der Waals surface area contributed by atoms with Gasteiger partial charge in [0, 0.05) is 6.54 Å². The number of hydrogen-bond donors (Lipinski definition) is 1. The normalized spacial score (nSPS) is 23.3. The minimum Gasteiger partial charge on any atom is -0.384 e. The third-order valence-corrected chi connectivity index (χ3v) is 4.02. The standard InChI is InChI=1S/C15H21N3/c1-2-12-3-5-13(6-4-12)10-17-15-8-7-14(9-16)18-11-15/h7-8,11-13,17H,2-6,10H2,1H3. The number of nitriles is 1. The molecular formula is C15H21N3. The average molecular weight is 243 g/mol. The van der Waals surface area contributed by atoms with Crippen molar-refractivity contribution in [2.24, 2.45) is 11.8 Å². The highest BCUT2D eigenvalue weighted by atomic mass is 14.9. The zero-order chi connectivity index (χ0) is 12.8. The van der Waals surface area contributed by atoms with E-state index in [0.717, 1.165) is 24.1 Å². The topological polar surface area (TPSA) is 48.7 Å². The smallest absolute Gasteiger partial charge is 0.140 e. The molecule has 1 N–H and O–H groups in total. The van der Waals surface area contributed by atoms with Gasteiger partial charge in [-0.15, -0.1) is 0 Å². The van der Waals surface area contributed by atoms with Crippen LogP contribution in [0.25, 0.3) is 0 Å². The van der Waals surface area contributed by atoms with E-state index in [1.807, 2.05) is 12.1 Å². The number of aromatic nitrogens is 1. The van der Waals surface area contributed by atoms with E-state index < -0.39 is 0 Å². The van der Waals surface area contributed by atoms with Gasteiger partial charge < -0.3 is 5.32 Å². The Morgan fingerprint density at radius 1 is 1.28 bits per heavy atom. The molecule has 3 nitrogen and oxygen atoms in total. The second-order valence-corrected chi connectivity index (χ2v) is 5.22. The SMILES string of the molecule is CCC1CCC(CNc2ccc(C#N)nc2)CC1. The molecule has 1 aliphatic carbocycles. The zero-order valence-electron chi connectivity index (χ0n) is 11.0. The van der Waals surface area contributed by atoms with Crippen molar-refractivity contribution in [2.75, 3.05) is 11.9 Å². The van der Waals surface area contributed by atoms with E-state index in [9.17, 15) is 0 Å². The van der Waals surface area contributed by atoms with Crippen molar-refractivity contribution in [3.8, 4) is 6.07 Å². The van der Waals surface area contributed by atoms with Crippen LogP contribution in [0.1, 0.15) is 44.7 Å². The second kappa shape index (κ2) is 6.39. The van der Waals surface area contributed by atoms with Crippen LogP contribution < -0.4 is 5.32 Å². The molecule has 0 radical (unpaired) electrons. The van der Waals surface area contributed by atoms with Gasteiger partial charge in [0.2, 0.25) is 0 Å². The van der Waals surface area contributed by atoms with E-state index >= 15 is 0 Å². The Kier molecular flexibility index (Phi) is 4.58. The summed E-state index contributed by atoms with van der Waals surface area (Å²) in [6, 6.07) is 5.73. The van der Waals surface area contributed by atoms with Gasteiger partial charge in [-0.05, 0) is 36.8 Å². The van der Waals surface area contributed by atoms with Crippen molar-refractivity contribution in [2.45, 2.75) is 39.0 Å². The second-order valence-electron chi connectivity index (χ2n) is 5.22. The minimum absolute atomic E-state index is 0.476. The van der Waals surface area contributed by atoms with Crippen LogP contribution in [-0.2, 0) is 0 Å². The molecule has 1 aromatic rings. The molecule has 1 aromatic heterocycles. The number of nitrogens with one attached hydrogen (secondary N) is 1. The number of anilines is 1. The van der Waals surface area contributed by atoms with Gasteiger partial charge in [0.05, 0.1) is 11.9 Å². The summed E-state index contributed by atoms with van der Waals surface area (Å²) in [4.78, 5) is 4.06. The van der Waals surface area contributed by atoms with Crippen LogP contribution in [0.3, 0.4) is 0 Å². The largest absolute Gasteiger partial charge is 0.384 e. The van der Waals surface area contributed by atoms with Crippen molar-refractivity contribution in [3.05, 3.63) is 24.0 Å². The van der Waals surface area contributed by atoms with Crippen LogP contribution in [-0.4, -0.2) is 11.5 Å². The Hall–Kier alpha value is -1.56. The molecule has 1 aliphatic rings. The molecule has 3 heteroatoms. The lowest BCUT2D eigenvalue weighted by atomic mass is 9.81. The number of nitrogens with zero attached hydrogens (tertiary/aromatic N) is 2. The van der Waals surface area contributed by atoms with Gasteiger partial charge in [-0.1, -0.05) is 26.2 Å². The quantitative estimate of drug-likeness (QED) is 0.879. The van der Waals surface area contributed by atoms with Gasteiger partial charge in [-0.2, -0.15) is 5.26 Å². The first-order chi connectivity index (χ1) is 8.81. The van der Waals surface area contributed by atoms with Gasteiger partial charge in [0.15, 0.2) is 0 Å². The fourth-order valence-corrected chi connectivity index (χ4v) is 2.67. The molecule has 0 unspecified atom stereocenters. The fourth-order valence-electron chi connectivity index (χ4n) is 2.67. The third-order valence-electron chi connectivity index (χ3n) is 4.02. The van der Waals surface area contributed by atoms with E-state index in [1.165, 1.54) is 32.1 Å². The van der Waals surface area contributed by atoms with E-state index in [2.05, 4.69) is 17.2 Å². The highest BCUT2D eigenvalue weighted by Gasteiger charge is 2.19. The molecule has 1 saturated carbocycles. The van der Waals surface area contributed by atoms with Crippen LogP contribution >= 0.6 is 0 Å². The van der Waals surface area contributed by atoms with E-state index in [-0.39, 0.29) is 0 Å². The number of pyridine rings is 1. The maximum atomic E-state index is 8.68. The number of rotatable bonds is 4. The lowest BCUT2D eigenvalue weighted by molar-refractivity contribution is 0.278. The summed E-state index contributed by atoms with van der Waals surface area (Å²) < 4.78 is 0. The van der Waals surface area contributed by atoms with Gasteiger partial charge in [-0.3, -0.25) is 0 Å². The van der Waals surface area contributed by atoms with Crippen molar-refractivity contribution in [3.63, 3.8) is 0 Å². The van der Waals surface area contributed by atoms with Crippen LogP contribution in [0.15, 0.2) is 18.3 Å². The zero-order valence-corrected chi connectivity index (χ0v) is 11.0. The highest BCUT2D eigenvalue weighted by Crippen LogP contribution is 2.30. The molecule has 1 fully saturated rings. The van der Waals surface area contributed by atoms with Gasteiger partial charge in [0.1, 0.15) is 11.8 Å². The lowest BCUT2D eigenvalue weighted by Crippen LogP contribution is -2.21. The molecule has 2 rings (SSSR count). The predicted molar refractivity (Wildman–Crippen MR) is 73.2 cm³/mol. The first-order valence-corrected chi connectivity index (χ1v) is 6.91. The van der Waals surface area contributed by atoms with Crippen LogP contribution in [0.2, 0.25) is 0 Å². The summed E-state index contributed by atoms with van der Waals surface area (Å²) in [7, 11) is 0. The molecule has 0 bridgehead atoms. The van der Waals surface area contributed by atoms with Crippen molar-refractivity contribution >= 4 is 5.69 Å². The van der Waals surface area contributed by atoms with Crippen molar-refractivity contribution in [1.82, 2.24) is 4.98 Å². The minimum atomic E-state index is 0.476. The summed E-state index contributed by atoms with van der Waals surface area (Å²) in [6.45, 7) is 3.33. The van der Waals surface area contributed by atoms with E-state index in [0.29, 0.717) is 5.69 Å². The number of hydrogen-bond acceptors (Lipinski definition) is 3. The average Bonchev–Trinajstić information content (AvgIpc) is 2.46. The Morgan fingerprint density at radius 2 is 2.00 bits per heavy atom. The molecule has 0 aliphatic heterocycles. The summed E-state index contributed by atoms with van der Waals surface area (Å²) in [6.07, 6.45) is 8.53. The van der Waals surface area contributed by atoms with Crippen LogP contribution in [0, 0.1) is 23.2 Å². The molecule has 0 aromatic carbocycles. The molecule has 0 spiro atoms. The monoisotopic (exact) mass is 243 g/mol. The fraction of sp³-hybridized carbons (Fsp3) is 0.600. The van der Waals surface area contributed by atoms with Gasteiger partial charge in [0.25, 0.3) is 0 Å².